The minimum Gasteiger partial charge on any atom is -0.325 e. The Morgan fingerprint density at radius 2 is 1.94 bits per heavy atom. The minimum atomic E-state index is -0.336. The summed E-state index contributed by atoms with van der Waals surface area (Å²) < 4.78 is 0. The molecule has 5 heteroatoms. The van der Waals surface area contributed by atoms with E-state index in [9.17, 15) is 4.79 Å². The molecule has 1 amide bonds. The molecule has 0 atom stereocenters. The van der Waals surface area contributed by atoms with Gasteiger partial charge < -0.3 is 5.73 Å². The van der Waals surface area contributed by atoms with Crippen LogP contribution in [-0.2, 0) is 4.79 Å². The zero-order chi connectivity index (χ0) is 12.1. The van der Waals surface area contributed by atoms with Crippen LogP contribution >= 0.6 is 0 Å². The van der Waals surface area contributed by atoms with Gasteiger partial charge in [0.2, 0.25) is 11.9 Å². The number of carbonyl (C=O) groups excluding carboxylic acids is 1. The van der Waals surface area contributed by atoms with Crippen LogP contribution in [0, 0.1) is 0 Å². The lowest BCUT2D eigenvalue weighted by atomic mass is 9.80. The molecule has 1 aliphatic rings. The fraction of sp³-hybridized carbons (Fsp3) is 0.583. The average molecular weight is 234 g/mol. The average Bonchev–Trinajstić information content (AvgIpc) is 2.30. The zero-order valence-electron chi connectivity index (χ0n) is 9.85. The first-order valence-corrected chi connectivity index (χ1v) is 6.04. The molecule has 1 heterocycles. The van der Waals surface area contributed by atoms with Crippen LogP contribution in [-0.4, -0.2) is 21.4 Å². The lowest BCUT2D eigenvalue weighted by Crippen LogP contribution is -2.44. The van der Waals surface area contributed by atoms with E-state index in [2.05, 4.69) is 15.3 Å². The molecule has 0 bridgehead atoms. The second-order valence-electron chi connectivity index (χ2n) is 4.72. The third-order valence-electron chi connectivity index (χ3n) is 3.18. The van der Waals surface area contributed by atoms with Gasteiger partial charge in [0.1, 0.15) is 0 Å². The molecule has 0 aromatic carbocycles. The van der Waals surface area contributed by atoms with Gasteiger partial charge in [-0.1, -0.05) is 19.3 Å². The van der Waals surface area contributed by atoms with E-state index >= 15 is 0 Å². The Kier molecular flexibility index (Phi) is 3.68. The number of nitrogens with zero attached hydrogens (tertiary/aromatic N) is 2. The lowest BCUT2D eigenvalue weighted by Gasteiger charge is -2.32. The summed E-state index contributed by atoms with van der Waals surface area (Å²) >= 11 is 0. The summed E-state index contributed by atoms with van der Waals surface area (Å²) in [5, 5.41) is 2.67. The van der Waals surface area contributed by atoms with Crippen LogP contribution in [0.25, 0.3) is 0 Å². The van der Waals surface area contributed by atoms with Crippen LogP contribution in [0.1, 0.15) is 38.5 Å². The van der Waals surface area contributed by atoms with Gasteiger partial charge in [-0.15, -0.1) is 0 Å². The number of rotatable bonds is 3. The predicted octanol–water partition coefficient (Wildman–Crippen LogP) is 1.47. The van der Waals surface area contributed by atoms with E-state index in [1.165, 1.54) is 6.42 Å². The van der Waals surface area contributed by atoms with Crippen molar-refractivity contribution in [2.75, 3.05) is 5.32 Å². The number of nitrogens with one attached hydrogen (secondary N) is 1. The highest BCUT2D eigenvalue weighted by molar-refractivity contribution is 5.89. The second kappa shape index (κ2) is 5.23. The Hall–Kier alpha value is -1.49. The maximum absolute atomic E-state index is 11.8. The molecular formula is C12H18N4O. The highest BCUT2D eigenvalue weighted by Crippen LogP contribution is 2.28. The second-order valence-corrected chi connectivity index (χ2v) is 4.72. The van der Waals surface area contributed by atoms with Crippen LogP contribution in [0.2, 0.25) is 0 Å². The molecule has 1 aromatic rings. The highest BCUT2D eigenvalue weighted by Gasteiger charge is 2.30. The topological polar surface area (TPSA) is 80.9 Å². The van der Waals surface area contributed by atoms with Crippen LogP contribution in [0.5, 0.6) is 0 Å². The van der Waals surface area contributed by atoms with Crippen LogP contribution in [0.3, 0.4) is 0 Å². The molecule has 1 fully saturated rings. The number of carbonyl (C=O) groups is 1. The molecule has 1 aromatic heterocycles. The minimum absolute atomic E-state index is 0.0967. The lowest BCUT2D eigenvalue weighted by molar-refractivity contribution is -0.117. The quantitative estimate of drug-likeness (QED) is 0.829. The number of aromatic nitrogens is 2. The van der Waals surface area contributed by atoms with Crippen LogP contribution in [0.15, 0.2) is 18.5 Å². The number of anilines is 1. The van der Waals surface area contributed by atoms with Crippen molar-refractivity contribution in [3.63, 3.8) is 0 Å². The molecule has 0 saturated heterocycles. The molecule has 5 nitrogen and oxygen atoms in total. The molecule has 2 rings (SSSR count). The first kappa shape index (κ1) is 12.0. The van der Waals surface area contributed by atoms with Crippen LogP contribution in [0.4, 0.5) is 5.95 Å². The molecule has 92 valence electrons. The zero-order valence-corrected chi connectivity index (χ0v) is 9.85. The molecule has 0 spiro atoms. The fourth-order valence-electron chi connectivity index (χ4n) is 2.28. The maximum atomic E-state index is 11.8. The van der Waals surface area contributed by atoms with Crippen LogP contribution < -0.4 is 11.1 Å². The van der Waals surface area contributed by atoms with Gasteiger partial charge >= 0.3 is 0 Å². The number of hydrogen-bond acceptors (Lipinski definition) is 4. The molecule has 17 heavy (non-hydrogen) atoms. The van der Waals surface area contributed by atoms with Gasteiger partial charge in [-0.25, -0.2) is 9.97 Å². The molecule has 0 radical (unpaired) electrons. The molecular weight excluding hydrogens is 216 g/mol. The van der Waals surface area contributed by atoms with Gasteiger partial charge in [0.05, 0.1) is 0 Å². The van der Waals surface area contributed by atoms with Crippen molar-refractivity contribution in [1.82, 2.24) is 9.97 Å². The summed E-state index contributed by atoms with van der Waals surface area (Å²) in [5.74, 6) is 0.248. The molecule has 3 N–H and O–H groups in total. The standard InChI is InChI=1S/C12H18N4O/c13-12(5-2-1-3-6-12)9-10(17)16-11-14-7-4-8-15-11/h4,7-8H,1-3,5-6,9,13H2,(H,14,15,16,17). The third-order valence-corrected chi connectivity index (χ3v) is 3.18. The monoisotopic (exact) mass is 234 g/mol. The van der Waals surface area contributed by atoms with E-state index in [4.69, 9.17) is 5.73 Å². The first-order chi connectivity index (χ1) is 8.18. The molecule has 0 unspecified atom stereocenters. The number of hydrogen-bond donors (Lipinski definition) is 2. The van der Waals surface area contributed by atoms with E-state index in [-0.39, 0.29) is 11.4 Å². The Labute approximate surface area is 101 Å². The SMILES string of the molecule is NC1(CC(=O)Nc2ncccn2)CCCCC1. The Morgan fingerprint density at radius 3 is 2.59 bits per heavy atom. The van der Waals surface area contributed by atoms with Crippen molar-refractivity contribution < 1.29 is 4.79 Å². The summed E-state index contributed by atoms with van der Waals surface area (Å²) in [6.07, 6.45) is 8.86. The number of amides is 1. The number of nitrogens with two attached hydrogens (primary N) is 1. The first-order valence-electron chi connectivity index (χ1n) is 6.04. The normalized spacial score (nSPS) is 18.6. The summed E-state index contributed by atoms with van der Waals surface area (Å²) in [6.45, 7) is 0. The van der Waals surface area contributed by atoms with E-state index in [1.54, 1.807) is 18.5 Å². The van der Waals surface area contributed by atoms with Crippen molar-refractivity contribution in [1.29, 1.82) is 0 Å². The van der Waals surface area contributed by atoms with Crippen molar-refractivity contribution >= 4 is 11.9 Å². The molecule has 1 saturated carbocycles. The van der Waals surface area contributed by atoms with E-state index in [0.29, 0.717) is 12.4 Å². The Bertz CT molecular complexity index is 373. The van der Waals surface area contributed by atoms with E-state index < -0.39 is 0 Å². The van der Waals surface area contributed by atoms with Gasteiger partial charge in [0.25, 0.3) is 0 Å². The van der Waals surface area contributed by atoms with Gasteiger partial charge in [0, 0.05) is 24.4 Å². The highest BCUT2D eigenvalue weighted by atomic mass is 16.1. The van der Waals surface area contributed by atoms with Gasteiger partial charge in [-0.3, -0.25) is 10.1 Å². The van der Waals surface area contributed by atoms with Crippen molar-refractivity contribution in [3.8, 4) is 0 Å². The van der Waals surface area contributed by atoms with Gasteiger partial charge in [-0.05, 0) is 18.9 Å². The van der Waals surface area contributed by atoms with Gasteiger partial charge in [0.15, 0.2) is 0 Å². The largest absolute Gasteiger partial charge is 0.325 e. The van der Waals surface area contributed by atoms with Crippen molar-refractivity contribution in [3.05, 3.63) is 18.5 Å². The Balaban J connectivity index is 1.88. The maximum Gasteiger partial charge on any atom is 0.229 e. The summed E-state index contributed by atoms with van der Waals surface area (Å²) in [6, 6.07) is 1.71. The molecule has 0 aliphatic heterocycles. The molecule has 1 aliphatic carbocycles. The predicted molar refractivity (Wildman–Crippen MR) is 65.3 cm³/mol. The summed E-state index contributed by atoms with van der Waals surface area (Å²) in [5.41, 5.74) is 5.88. The van der Waals surface area contributed by atoms with E-state index in [0.717, 1.165) is 25.7 Å². The van der Waals surface area contributed by atoms with Crippen molar-refractivity contribution in [2.24, 2.45) is 5.73 Å². The van der Waals surface area contributed by atoms with Crippen molar-refractivity contribution in [2.45, 2.75) is 44.1 Å². The smallest absolute Gasteiger partial charge is 0.229 e. The summed E-state index contributed by atoms with van der Waals surface area (Å²) in [7, 11) is 0. The fourth-order valence-corrected chi connectivity index (χ4v) is 2.28. The van der Waals surface area contributed by atoms with E-state index in [1.807, 2.05) is 0 Å². The Morgan fingerprint density at radius 1 is 1.29 bits per heavy atom. The third kappa shape index (κ3) is 3.49. The van der Waals surface area contributed by atoms with Gasteiger partial charge in [-0.2, -0.15) is 0 Å². The summed E-state index contributed by atoms with van der Waals surface area (Å²) in [4.78, 5) is 19.7.